The highest BCUT2D eigenvalue weighted by atomic mass is 35.5. The molecule has 0 unspecified atom stereocenters. The van der Waals surface area contributed by atoms with E-state index in [-0.39, 0.29) is 5.92 Å². The molecule has 0 amide bonds. The maximum absolute atomic E-state index is 9.06. The lowest BCUT2D eigenvalue weighted by Crippen LogP contribution is -2.18. The van der Waals surface area contributed by atoms with E-state index in [4.69, 9.17) is 16.9 Å². The van der Waals surface area contributed by atoms with Gasteiger partial charge >= 0.3 is 0 Å². The second-order valence-corrected chi connectivity index (χ2v) is 5.13. The molecule has 0 bridgehead atoms. The van der Waals surface area contributed by atoms with Crippen LogP contribution in [0.1, 0.15) is 31.7 Å². The van der Waals surface area contributed by atoms with Crippen LogP contribution in [0.15, 0.2) is 18.6 Å². The Hall–Kier alpha value is -1.60. The van der Waals surface area contributed by atoms with Crippen molar-refractivity contribution in [2.45, 2.75) is 31.7 Å². The van der Waals surface area contributed by atoms with Crippen molar-refractivity contribution in [3.8, 4) is 6.07 Å². The van der Waals surface area contributed by atoms with Gasteiger partial charge in [-0.3, -0.25) is 0 Å². The van der Waals surface area contributed by atoms with Crippen molar-refractivity contribution >= 4 is 22.6 Å². The monoisotopic (exact) mass is 260 g/mol. The van der Waals surface area contributed by atoms with Gasteiger partial charge in [-0.05, 0) is 25.3 Å². The van der Waals surface area contributed by atoms with Gasteiger partial charge in [0.2, 0.25) is 0 Å². The number of nitriles is 1. The maximum Gasteiger partial charge on any atom is 0.145 e. The summed E-state index contributed by atoms with van der Waals surface area (Å²) in [6, 6.07) is 4.69. The predicted molar refractivity (Wildman–Crippen MR) is 69.1 cm³/mol. The molecule has 1 aliphatic carbocycles. The maximum atomic E-state index is 9.06. The molecular formula is C13H13ClN4. The highest BCUT2D eigenvalue weighted by Crippen LogP contribution is 2.34. The van der Waals surface area contributed by atoms with Gasteiger partial charge in [-0.2, -0.15) is 5.26 Å². The quantitative estimate of drug-likeness (QED) is 0.739. The zero-order valence-corrected chi connectivity index (χ0v) is 10.6. The molecule has 0 aromatic carbocycles. The molecule has 4 nitrogen and oxygen atoms in total. The van der Waals surface area contributed by atoms with Crippen molar-refractivity contribution in [2.75, 3.05) is 0 Å². The van der Waals surface area contributed by atoms with Crippen LogP contribution in [-0.2, 0) is 0 Å². The van der Waals surface area contributed by atoms with Gasteiger partial charge in [0.25, 0.3) is 0 Å². The number of fused-ring (bicyclic) bond motifs is 1. The number of hydrogen-bond acceptors (Lipinski definition) is 3. The highest BCUT2D eigenvalue weighted by Gasteiger charge is 2.24. The topological polar surface area (TPSA) is 54.5 Å². The van der Waals surface area contributed by atoms with Gasteiger partial charge in [-0.15, -0.1) is 0 Å². The van der Waals surface area contributed by atoms with Crippen LogP contribution in [0.25, 0.3) is 11.0 Å². The molecule has 2 aromatic heterocycles. The summed E-state index contributed by atoms with van der Waals surface area (Å²) < 4.78 is 2.15. The van der Waals surface area contributed by atoms with Crippen molar-refractivity contribution in [1.82, 2.24) is 14.5 Å². The lowest BCUT2D eigenvalue weighted by molar-refractivity contribution is 0.313. The van der Waals surface area contributed by atoms with Crippen LogP contribution in [0.4, 0.5) is 0 Å². The van der Waals surface area contributed by atoms with Crippen LogP contribution >= 0.6 is 11.6 Å². The fourth-order valence-electron chi connectivity index (χ4n) is 2.77. The largest absolute Gasteiger partial charge is 0.329 e. The fraction of sp³-hybridized carbons (Fsp3) is 0.462. The highest BCUT2D eigenvalue weighted by molar-refractivity contribution is 6.33. The van der Waals surface area contributed by atoms with E-state index in [1.807, 2.05) is 12.3 Å². The van der Waals surface area contributed by atoms with E-state index in [1.165, 1.54) is 6.33 Å². The van der Waals surface area contributed by atoms with Crippen molar-refractivity contribution in [3.63, 3.8) is 0 Å². The van der Waals surface area contributed by atoms with Crippen LogP contribution in [0, 0.1) is 17.2 Å². The number of aromatic nitrogens is 3. The normalized spacial score (nSPS) is 24.0. The minimum absolute atomic E-state index is 0.165. The lowest BCUT2D eigenvalue weighted by Gasteiger charge is -2.26. The number of rotatable bonds is 1. The fourth-order valence-corrected chi connectivity index (χ4v) is 2.96. The SMILES string of the molecule is N#C[C@@H]1CCC[C@H](n2ccc3c(Cl)ncnc32)C1. The summed E-state index contributed by atoms with van der Waals surface area (Å²) in [5.74, 6) is 0.165. The Balaban J connectivity index is 2.00. The molecule has 5 heteroatoms. The summed E-state index contributed by atoms with van der Waals surface area (Å²) >= 11 is 6.05. The van der Waals surface area contributed by atoms with Gasteiger partial charge in [0.15, 0.2) is 0 Å². The van der Waals surface area contributed by atoms with Crippen LogP contribution in [-0.4, -0.2) is 14.5 Å². The summed E-state index contributed by atoms with van der Waals surface area (Å²) in [4.78, 5) is 8.30. The smallest absolute Gasteiger partial charge is 0.145 e. The first kappa shape index (κ1) is 11.5. The molecule has 0 radical (unpaired) electrons. The number of halogens is 1. The molecule has 0 spiro atoms. The van der Waals surface area contributed by atoms with Crippen molar-refractivity contribution in [1.29, 1.82) is 5.26 Å². The Bertz CT molecular complexity index is 613. The Kier molecular flexibility index (Phi) is 2.92. The average Bonchev–Trinajstić information content (AvgIpc) is 2.84. The Labute approximate surface area is 110 Å². The van der Waals surface area contributed by atoms with E-state index in [2.05, 4.69) is 20.6 Å². The predicted octanol–water partition coefficient (Wildman–Crippen LogP) is 3.34. The molecule has 0 N–H and O–H groups in total. The van der Waals surface area contributed by atoms with Crippen LogP contribution < -0.4 is 0 Å². The summed E-state index contributed by atoms with van der Waals surface area (Å²) in [5.41, 5.74) is 0.874. The number of hydrogen-bond donors (Lipinski definition) is 0. The Morgan fingerprint density at radius 3 is 3.11 bits per heavy atom. The third-order valence-corrected chi connectivity index (χ3v) is 3.98. The van der Waals surface area contributed by atoms with E-state index in [9.17, 15) is 0 Å². The molecule has 2 heterocycles. The summed E-state index contributed by atoms with van der Waals surface area (Å²) in [6.07, 6.45) is 7.62. The minimum Gasteiger partial charge on any atom is -0.329 e. The zero-order chi connectivity index (χ0) is 12.5. The van der Waals surface area contributed by atoms with Crippen LogP contribution in [0.2, 0.25) is 5.15 Å². The molecule has 92 valence electrons. The summed E-state index contributed by atoms with van der Waals surface area (Å²) in [5, 5.41) is 10.4. The third-order valence-electron chi connectivity index (χ3n) is 3.68. The van der Waals surface area contributed by atoms with Gasteiger partial charge in [0.05, 0.1) is 11.5 Å². The molecule has 0 aliphatic heterocycles. The molecule has 3 rings (SSSR count). The Morgan fingerprint density at radius 2 is 2.28 bits per heavy atom. The van der Waals surface area contributed by atoms with E-state index >= 15 is 0 Å². The molecule has 2 atom stereocenters. The lowest BCUT2D eigenvalue weighted by atomic mass is 9.86. The molecule has 0 saturated heterocycles. The molecular weight excluding hydrogens is 248 g/mol. The molecule has 1 fully saturated rings. The van der Waals surface area contributed by atoms with Gasteiger partial charge in [-0.1, -0.05) is 18.0 Å². The Morgan fingerprint density at radius 1 is 1.39 bits per heavy atom. The average molecular weight is 261 g/mol. The third kappa shape index (κ3) is 1.85. The zero-order valence-electron chi connectivity index (χ0n) is 9.88. The first-order chi connectivity index (χ1) is 8.79. The first-order valence-corrected chi connectivity index (χ1v) is 6.54. The summed E-state index contributed by atoms with van der Waals surface area (Å²) in [6.45, 7) is 0. The van der Waals surface area contributed by atoms with Crippen LogP contribution in [0.3, 0.4) is 0 Å². The van der Waals surface area contributed by atoms with Gasteiger partial charge < -0.3 is 4.57 Å². The van der Waals surface area contributed by atoms with Gasteiger partial charge in [-0.25, -0.2) is 9.97 Å². The van der Waals surface area contributed by atoms with E-state index < -0.39 is 0 Å². The minimum atomic E-state index is 0.165. The standard InChI is InChI=1S/C13H13ClN4/c14-12-11-4-5-18(13(11)17-8-16-12)10-3-1-2-9(6-10)7-15/h4-5,8-10H,1-3,6H2/t9-,10+/m1/s1. The van der Waals surface area contributed by atoms with E-state index in [0.717, 1.165) is 36.7 Å². The first-order valence-electron chi connectivity index (χ1n) is 6.16. The summed E-state index contributed by atoms with van der Waals surface area (Å²) in [7, 11) is 0. The molecule has 1 aliphatic rings. The van der Waals surface area contributed by atoms with Crippen molar-refractivity contribution in [2.24, 2.45) is 5.92 Å². The molecule has 1 saturated carbocycles. The van der Waals surface area contributed by atoms with E-state index in [1.54, 1.807) is 0 Å². The number of nitrogens with zero attached hydrogens (tertiary/aromatic N) is 4. The molecule has 2 aromatic rings. The van der Waals surface area contributed by atoms with Crippen molar-refractivity contribution < 1.29 is 0 Å². The second kappa shape index (κ2) is 4.58. The molecule has 18 heavy (non-hydrogen) atoms. The van der Waals surface area contributed by atoms with E-state index in [0.29, 0.717) is 11.2 Å². The second-order valence-electron chi connectivity index (χ2n) is 4.77. The van der Waals surface area contributed by atoms with Gasteiger partial charge in [0.1, 0.15) is 17.1 Å². The van der Waals surface area contributed by atoms with Crippen molar-refractivity contribution in [3.05, 3.63) is 23.7 Å². The van der Waals surface area contributed by atoms with Gasteiger partial charge in [0, 0.05) is 18.2 Å². The van der Waals surface area contributed by atoms with Crippen LogP contribution in [0.5, 0.6) is 0 Å².